The monoisotopic (exact) mass is 373 g/mol. The fraction of sp³-hybridized carbons (Fsp3) is 0.435. The van der Waals surface area contributed by atoms with Crippen LogP contribution in [0.4, 0.5) is 0 Å². The number of aromatic amines is 1. The number of pyridine rings is 2. The summed E-state index contributed by atoms with van der Waals surface area (Å²) in [5.74, 6) is 3.06. The molecule has 5 heteroatoms. The molecule has 7 rings (SSSR count). The molecule has 0 aliphatic heterocycles. The lowest BCUT2D eigenvalue weighted by Gasteiger charge is -2.56. The van der Waals surface area contributed by atoms with Crippen molar-refractivity contribution in [3.63, 3.8) is 0 Å². The molecule has 0 atom stereocenters. The molecule has 4 fully saturated rings. The highest BCUT2D eigenvalue weighted by atomic mass is 16.2. The van der Waals surface area contributed by atoms with Gasteiger partial charge in [0.25, 0.3) is 0 Å². The number of hydrogen-bond acceptors (Lipinski definition) is 2. The summed E-state index contributed by atoms with van der Waals surface area (Å²) >= 11 is 0. The fourth-order valence-electron chi connectivity index (χ4n) is 6.55. The first-order valence-electron chi connectivity index (χ1n) is 10.4. The van der Waals surface area contributed by atoms with Crippen LogP contribution in [0.2, 0.25) is 0 Å². The van der Waals surface area contributed by atoms with Crippen LogP contribution in [0.1, 0.15) is 49.1 Å². The topological polar surface area (TPSA) is 61.9 Å². The van der Waals surface area contributed by atoms with Gasteiger partial charge in [-0.2, -0.15) is 4.40 Å². The van der Waals surface area contributed by atoms with E-state index in [1.165, 1.54) is 19.3 Å². The number of nitrogens with one attached hydrogen (secondary N) is 2. The number of amides is 1. The maximum Gasteiger partial charge on any atom is 0.351 e. The second kappa shape index (κ2) is 5.90. The van der Waals surface area contributed by atoms with Crippen LogP contribution in [0.25, 0.3) is 16.8 Å². The Hall–Kier alpha value is -2.69. The van der Waals surface area contributed by atoms with Gasteiger partial charge in [0.2, 0.25) is 0 Å². The van der Waals surface area contributed by atoms with Crippen LogP contribution in [0.3, 0.4) is 0 Å². The number of hydrogen-bond donors (Lipinski definition) is 2. The van der Waals surface area contributed by atoms with Crippen LogP contribution in [-0.4, -0.2) is 21.4 Å². The number of fused-ring (bicyclic) bond motifs is 1. The summed E-state index contributed by atoms with van der Waals surface area (Å²) in [7, 11) is 0. The van der Waals surface area contributed by atoms with Crippen LogP contribution >= 0.6 is 0 Å². The third-order valence-electron chi connectivity index (χ3n) is 7.20. The SMILES string of the molecule is O=C(NC12CC3CC(CC(C3)C1)C2)c1[nH]c(-c2ccncc2)c2cccc[n+]12. The van der Waals surface area contributed by atoms with Crippen molar-refractivity contribution in [2.24, 2.45) is 17.8 Å². The lowest BCUT2D eigenvalue weighted by Crippen LogP contribution is -2.60. The van der Waals surface area contributed by atoms with Crippen molar-refractivity contribution >= 4 is 11.4 Å². The lowest BCUT2D eigenvalue weighted by molar-refractivity contribution is -0.514. The third kappa shape index (κ3) is 2.49. The Morgan fingerprint density at radius 1 is 1.04 bits per heavy atom. The van der Waals surface area contributed by atoms with Gasteiger partial charge in [0, 0.05) is 23.5 Å². The number of H-pyrrole nitrogens is 1. The van der Waals surface area contributed by atoms with Crippen LogP contribution in [0.15, 0.2) is 48.9 Å². The van der Waals surface area contributed by atoms with E-state index in [4.69, 9.17) is 0 Å². The minimum Gasteiger partial charge on any atom is -0.340 e. The molecule has 3 aromatic heterocycles. The van der Waals surface area contributed by atoms with Gasteiger partial charge >= 0.3 is 11.7 Å². The first kappa shape index (κ1) is 16.3. The number of aromatic nitrogens is 3. The molecule has 28 heavy (non-hydrogen) atoms. The molecule has 142 valence electrons. The minimum absolute atomic E-state index is 0.00936. The zero-order valence-corrected chi connectivity index (χ0v) is 15.9. The molecule has 4 saturated carbocycles. The maximum atomic E-state index is 13.4. The fourth-order valence-corrected chi connectivity index (χ4v) is 6.55. The van der Waals surface area contributed by atoms with Crippen molar-refractivity contribution in [1.82, 2.24) is 15.3 Å². The molecule has 0 spiro atoms. The van der Waals surface area contributed by atoms with E-state index >= 15 is 0 Å². The molecular formula is C23H25N4O+. The second-order valence-corrected chi connectivity index (χ2v) is 9.19. The van der Waals surface area contributed by atoms with Gasteiger partial charge in [-0.15, -0.1) is 0 Å². The Morgan fingerprint density at radius 2 is 1.71 bits per heavy atom. The summed E-state index contributed by atoms with van der Waals surface area (Å²) in [5.41, 5.74) is 3.01. The highest BCUT2D eigenvalue weighted by Crippen LogP contribution is 2.55. The summed E-state index contributed by atoms with van der Waals surface area (Å²) in [6, 6.07) is 9.97. The van der Waals surface area contributed by atoms with Gasteiger partial charge in [0.05, 0.1) is 6.20 Å². The quantitative estimate of drug-likeness (QED) is 0.690. The zero-order valence-electron chi connectivity index (χ0n) is 15.9. The summed E-state index contributed by atoms with van der Waals surface area (Å²) < 4.78 is 1.98. The first-order valence-corrected chi connectivity index (χ1v) is 10.4. The molecule has 1 amide bonds. The Bertz CT molecular complexity index is 1020. The number of carbonyl (C=O) groups excluding carboxylic acids is 1. The number of carbonyl (C=O) groups is 1. The van der Waals surface area contributed by atoms with Crippen molar-refractivity contribution in [1.29, 1.82) is 0 Å². The predicted octanol–water partition coefficient (Wildman–Crippen LogP) is 3.51. The van der Waals surface area contributed by atoms with E-state index in [2.05, 4.69) is 15.3 Å². The normalized spacial score (nSPS) is 30.6. The van der Waals surface area contributed by atoms with Crippen molar-refractivity contribution in [2.75, 3.05) is 0 Å². The minimum atomic E-state index is 0.00936. The van der Waals surface area contributed by atoms with E-state index < -0.39 is 0 Å². The molecule has 4 aliphatic rings. The van der Waals surface area contributed by atoms with E-state index in [1.807, 2.05) is 40.9 Å². The van der Waals surface area contributed by atoms with Gasteiger partial charge < -0.3 is 5.32 Å². The van der Waals surface area contributed by atoms with Gasteiger partial charge in [0.1, 0.15) is 0 Å². The highest BCUT2D eigenvalue weighted by molar-refractivity contribution is 5.92. The third-order valence-corrected chi connectivity index (χ3v) is 7.20. The summed E-state index contributed by atoms with van der Waals surface area (Å²) in [5, 5.41) is 3.49. The van der Waals surface area contributed by atoms with Gasteiger partial charge in [-0.3, -0.25) is 9.78 Å². The van der Waals surface area contributed by atoms with E-state index in [-0.39, 0.29) is 11.4 Å². The van der Waals surface area contributed by atoms with Crippen molar-refractivity contribution in [3.05, 3.63) is 54.7 Å². The van der Waals surface area contributed by atoms with Gasteiger partial charge in [-0.1, -0.05) is 6.07 Å². The molecule has 0 radical (unpaired) electrons. The van der Waals surface area contributed by atoms with E-state index in [1.54, 1.807) is 12.4 Å². The Kier molecular flexibility index (Phi) is 3.43. The maximum absolute atomic E-state index is 13.4. The van der Waals surface area contributed by atoms with Crippen molar-refractivity contribution in [2.45, 2.75) is 44.1 Å². The molecule has 3 heterocycles. The summed E-state index contributed by atoms with van der Waals surface area (Å²) in [6.07, 6.45) is 13.1. The molecule has 0 aromatic carbocycles. The second-order valence-electron chi connectivity index (χ2n) is 9.19. The largest absolute Gasteiger partial charge is 0.351 e. The first-order chi connectivity index (χ1) is 13.7. The zero-order chi connectivity index (χ0) is 18.7. The number of rotatable bonds is 3. The summed E-state index contributed by atoms with van der Waals surface area (Å²) in [6.45, 7) is 0. The number of nitrogens with zero attached hydrogens (tertiary/aromatic N) is 2. The van der Waals surface area contributed by atoms with Crippen LogP contribution in [0, 0.1) is 17.8 Å². The molecule has 2 N–H and O–H groups in total. The molecule has 4 aliphatic carbocycles. The smallest absolute Gasteiger partial charge is 0.340 e. The average molecular weight is 373 g/mol. The molecule has 0 saturated heterocycles. The van der Waals surface area contributed by atoms with Gasteiger partial charge in [-0.25, -0.2) is 4.98 Å². The van der Waals surface area contributed by atoms with Crippen molar-refractivity contribution in [3.8, 4) is 11.3 Å². The molecule has 5 nitrogen and oxygen atoms in total. The Balaban J connectivity index is 1.38. The van der Waals surface area contributed by atoms with Gasteiger partial charge in [0.15, 0.2) is 11.2 Å². The number of imidazole rings is 1. The van der Waals surface area contributed by atoms with Crippen LogP contribution in [0.5, 0.6) is 0 Å². The van der Waals surface area contributed by atoms with Gasteiger partial charge in [-0.05, 0) is 80.5 Å². The van der Waals surface area contributed by atoms with Crippen LogP contribution in [-0.2, 0) is 0 Å². The van der Waals surface area contributed by atoms with E-state index in [9.17, 15) is 4.79 Å². The van der Waals surface area contributed by atoms with E-state index in [0.29, 0.717) is 5.82 Å². The molecular weight excluding hydrogens is 348 g/mol. The van der Waals surface area contributed by atoms with E-state index in [0.717, 1.165) is 53.8 Å². The Morgan fingerprint density at radius 3 is 2.39 bits per heavy atom. The lowest BCUT2D eigenvalue weighted by atomic mass is 9.53. The molecule has 3 aromatic rings. The van der Waals surface area contributed by atoms with Crippen molar-refractivity contribution < 1.29 is 9.20 Å². The average Bonchev–Trinajstić information content (AvgIpc) is 3.07. The molecule has 0 unspecified atom stereocenters. The predicted molar refractivity (Wildman–Crippen MR) is 106 cm³/mol. The van der Waals surface area contributed by atoms with Crippen LogP contribution < -0.4 is 9.72 Å². The highest BCUT2D eigenvalue weighted by Gasteiger charge is 2.52. The summed E-state index contributed by atoms with van der Waals surface area (Å²) in [4.78, 5) is 20.9. The standard InChI is InChI=1S/C23H24N4O/c28-22(26-23-12-15-9-16(13-23)11-17(10-15)14-23)21-25-20(18-4-6-24-7-5-18)19-3-1-2-8-27(19)21/h1-8,15-17H,9-14H2,(H,26,28)/p+1. The Labute approximate surface area is 164 Å². The molecule has 4 bridgehead atoms.